The van der Waals surface area contributed by atoms with Gasteiger partial charge in [0.1, 0.15) is 11.5 Å². The molecule has 0 saturated carbocycles. The van der Waals surface area contributed by atoms with Gasteiger partial charge in [0.2, 0.25) is 0 Å². The van der Waals surface area contributed by atoms with Gasteiger partial charge in [-0.25, -0.2) is 0 Å². The second-order valence-electron chi connectivity index (χ2n) is 7.57. The Balaban J connectivity index is 1.66. The number of rotatable bonds is 8. The number of hydrogen-bond donors (Lipinski definition) is 1. The molecule has 2 aromatic rings. The van der Waals surface area contributed by atoms with Crippen LogP contribution in [-0.4, -0.2) is 73.1 Å². The summed E-state index contributed by atoms with van der Waals surface area (Å²) in [4.78, 5) is 29.9. The number of hydrogen-bond acceptors (Lipinski definition) is 7. The van der Waals surface area contributed by atoms with Gasteiger partial charge in [-0.2, -0.15) is 0 Å². The zero-order valence-corrected chi connectivity index (χ0v) is 17.9. The van der Waals surface area contributed by atoms with Crippen LogP contribution in [0, 0.1) is 0 Å². The van der Waals surface area contributed by atoms with E-state index in [4.69, 9.17) is 13.9 Å². The Kier molecular flexibility index (Phi) is 6.72. The number of allylic oxidation sites excluding steroid dienone is 1. The smallest absolute Gasteiger partial charge is 0.290 e. The molecule has 2 aliphatic heterocycles. The lowest BCUT2D eigenvalue weighted by Gasteiger charge is -2.32. The van der Waals surface area contributed by atoms with E-state index in [2.05, 4.69) is 4.90 Å². The van der Waals surface area contributed by atoms with Gasteiger partial charge >= 0.3 is 0 Å². The van der Waals surface area contributed by atoms with Crippen LogP contribution in [0.15, 0.2) is 64.5 Å². The van der Waals surface area contributed by atoms with E-state index in [1.165, 1.54) is 30.4 Å². The maximum atomic E-state index is 13.1. The van der Waals surface area contributed by atoms with Crippen LogP contribution in [0.25, 0.3) is 6.08 Å². The molecule has 4 rings (SSSR count). The van der Waals surface area contributed by atoms with Crippen LogP contribution in [-0.2, 0) is 14.3 Å². The van der Waals surface area contributed by atoms with Gasteiger partial charge < -0.3 is 23.9 Å². The zero-order valence-electron chi connectivity index (χ0n) is 17.9. The van der Waals surface area contributed by atoms with Crippen molar-refractivity contribution in [1.29, 1.82) is 0 Å². The number of ketones is 1. The molecule has 8 nitrogen and oxygen atoms in total. The van der Waals surface area contributed by atoms with Crippen molar-refractivity contribution in [2.45, 2.75) is 6.04 Å². The molecule has 1 N–H and O–H groups in total. The summed E-state index contributed by atoms with van der Waals surface area (Å²) in [6.45, 7) is 3.81. The molecule has 0 aliphatic carbocycles. The zero-order chi connectivity index (χ0) is 22.5. The summed E-state index contributed by atoms with van der Waals surface area (Å²) >= 11 is 0. The fourth-order valence-electron chi connectivity index (χ4n) is 4.06. The van der Waals surface area contributed by atoms with E-state index >= 15 is 0 Å². The van der Waals surface area contributed by atoms with Crippen molar-refractivity contribution in [3.05, 3.63) is 71.4 Å². The molecule has 8 heteroatoms. The number of aliphatic hydroxyl groups is 1. The number of amides is 1. The average molecular weight is 438 g/mol. The number of aliphatic hydroxyl groups excluding tert-OH is 1. The molecule has 0 spiro atoms. The average Bonchev–Trinajstić information content (AvgIpc) is 3.43. The summed E-state index contributed by atoms with van der Waals surface area (Å²) in [6, 6.07) is 9.89. The Morgan fingerprint density at radius 1 is 1.19 bits per heavy atom. The van der Waals surface area contributed by atoms with Crippen molar-refractivity contribution < 1.29 is 28.6 Å². The molecule has 0 bridgehead atoms. The molecule has 1 aromatic heterocycles. The van der Waals surface area contributed by atoms with Gasteiger partial charge in [-0.05, 0) is 30.4 Å². The SMILES string of the molecule is COc1ccccc1C1C(C(=O)/C=C/c2ccco2)=C(O)C(=O)N1CCN1CCOCC1. The van der Waals surface area contributed by atoms with Crippen LogP contribution in [0.4, 0.5) is 0 Å². The molecule has 1 fully saturated rings. The molecule has 32 heavy (non-hydrogen) atoms. The van der Waals surface area contributed by atoms with E-state index in [1.807, 2.05) is 12.1 Å². The number of morpholine rings is 1. The van der Waals surface area contributed by atoms with E-state index < -0.39 is 23.5 Å². The number of methoxy groups -OCH3 is 1. The van der Waals surface area contributed by atoms with Crippen molar-refractivity contribution in [1.82, 2.24) is 9.80 Å². The second kappa shape index (κ2) is 9.84. The first-order valence-corrected chi connectivity index (χ1v) is 10.5. The topological polar surface area (TPSA) is 92.5 Å². The van der Waals surface area contributed by atoms with E-state index in [-0.39, 0.29) is 5.57 Å². The standard InChI is InChI=1S/C24H26N2O6/c1-30-20-7-3-2-6-18(20)22-21(19(27)9-8-17-5-4-14-32-17)23(28)24(29)26(22)11-10-25-12-15-31-16-13-25/h2-9,14,22,28H,10-13,15-16H2,1H3/b9-8+. The van der Waals surface area contributed by atoms with E-state index in [0.29, 0.717) is 43.4 Å². The van der Waals surface area contributed by atoms with Gasteiger partial charge in [0.05, 0.1) is 38.2 Å². The van der Waals surface area contributed by atoms with Crippen LogP contribution in [0.1, 0.15) is 17.4 Å². The van der Waals surface area contributed by atoms with Crippen LogP contribution in [0.5, 0.6) is 5.75 Å². The number of furan rings is 1. The number of para-hydroxylation sites is 1. The third-order valence-electron chi connectivity index (χ3n) is 5.71. The predicted molar refractivity (Wildman–Crippen MR) is 117 cm³/mol. The Bertz CT molecular complexity index is 1020. The highest BCUT2D eigenvalue weighted by Crippen LogP contribution is 2.41. The Morgan fingerprint density at radius 2 is 1.97 bits per heavy atom. The summed E-state index contributed by atoms with van der Waals surface area (Å²) < 4.78 is 16.1. The quantitative estimate of drug-likeness (QED) is 0.634. The Hall–Kier alpha value is -3.36. The van der Waals surface area contributed by atoms with E-state index in [1.54, 1.807) is 24.3 Å². The highest BCUT2D eigenvalue weighted by atomic mass is 16.5. The monoisotopic (exact) mass is 438 g/mol. The van der Waals surface area contributed by atoms with Gasteiger partial charge in [0.15, 0.2) is 11.5 Å². The van der Waals surface area contributed by atoms with Crippen LogP contribution in [0.3, 0.4) is 0 Å². The lowest BCUT2D eigenvalue weighted by atomic mass is 9.95. The molecule has 1 saturated heterocycles. The molecular weight excluding hydrogens is 412 g/mol. The van der Waals surface area contributed by atoms with Gasteiger partial charge in [-0.3, -0.25) is 14.5 Å². The summed E-state index contributed by atoms with van der Waals surface area (Å²) in [7, 11) is 1.54. The summed E-state index contributed by atoms with van der Waals surface area (Å²) in [6.07, 6.45) is 4.33. The van der Waals surface area contributed by atoms with Crippen LogP contribution in [0.2, 0.25) is 0 Å². The van der Waals surface area contributed by atoms with Crippen molar-refractivity contribution in [2.75, 3.05) is 46.5 Å². The van der Waals surface area contributed by atoms with Crippen molar-refractivity contribution in [3.63, 3.8) is 0 Å². The van der Waals surface area contributed by atoms with Gasteiger partial charge in [0, 0.05) is 31.7 Å². The number of ether oxygens (including phenoxy) is 2. The maximum Gasteiger partial charge on any atom is 0.290 e. The predicted octanol–water partition coefficient (Wildman–Crippen LogP) is 2.60. The molecule has 1 aromatic carbocycles. The minimum atomic E-state index is -0.756. The Labute approximate surface area is 186 Å². The van der Waals surface area contributed by atoms with E-state index in [0.717, 1.165) is 13.1 Å². The molecule has 2 aliphatic rings. The third kappa shape index (κ3) is 4.46. The fourth-order valence-corrected chi connectivity index (χ4v) is 4.06. The number of carbonyl (C=O) groups is 2. The minimum absolute atomic E-state index is 0.0317. The van der Waals surface area contributed by atoms with E-state index in [9.17, 15) is 14.7 Å². The first-order valence-electron chi connectivity index (χ1n) is 10.5. The lowest BCUT2D eigenvalue weighted by Crippen LogP contribution is -2.43. The van der Waals surface area contributed by atoms with Crippen molar-refractivity contribution in [3.8, 4) is 5.75 Å². The highest BCUT2D eigenvalue weighted by Gasteiger charge is 2.43. The minimum Gasteiger partial charge on any atom is -0.503 e. The summed E-state index contributed by atoms with van der Waals surface area (Å²) in [5, 5.41) is 10.7. The molecule has 168 valence electrons. The number of carbonyl (C=O) groups excluding carboxylic acids is 2. The lowest BCUT2D eigenvalue weighted by molar-refractivity contribution is -0.129. The highest BCUT2D eigenvalue weighted by molar-refractivity contribution is 6.14. The largest absolute Gasteiger partial charge is 0.503 e. The third-order valence-corrected chi connectivity index (χ3v) is 5.71. The summed E-state index contributed by atoms with van der Waals surface area (Å²) in [5.41, 5.74) is 0.674. The van der Waals surface area contributed by atoms with Gasteiger partial charge in [0.25, 0.3) is 5.91 Å². The number of benzene rings is 1. The molecule has 0 radical (unpaired) electrons. The molecule has 1 atom stereocenters. The molecule has 1 unspecified atom stereocenters. The summed E-state index contributed by atoms with van der Waals surface area (Å²) in [5.74, 6) is -0.518. The molecular formula is C24H26N2O6. The molecule has 3 heterocycles. The first-order chi connectivity index (χ1) is 15.6. The Morgan fingerprint density at radius 3 is 2.69 bits per heavy atom. The van der Waals surface area contributed by atoms with Crippen LogP contribution >= 0.6 is 0 Å². The van der Waals surface area contributed by atoms with Crippen LogP contribution < -0.4 is 4.74 Å². The van der Waals surface area contributed by atoms with Crippen molar-refractivity contribution >= 4 is 17.8 Å². The first kappa shape index (κ1) is 21.9. The fraction of sp³-hybridized carbons (Fsp3) is 0.333. The van der Waals surface area contributed by atoms with Crippen molar-refractivity contribution in [2.24, 2.45) is 0 Å². The second-order valence-corrected chi connectivity index (χ2v) is 7.57. The van der Waals surface area contributed by atoms with Gasteiger partial charge in [-0.1, -0.05) is 18.2 Å². The normalized spacial score (nSPS) is 19.8. The molecule has 1 amide bonds. The number of nitrogens with zero attached hydrogens (tertiary/aromatic N) is 2. The van der Waals surface area contributed by atoms with Gasteiger partial charge in [-0.15, -0.1) is 0 Å². The maximum absolute atomic E-state index is 13.1.